The SMILES string of the molecule is CCC(NC1CCC(C(N)=O)CC1)c1ccc(Cl)cc1. The molecular formula is C16H23ClN2O. The lowest BCUT2D eigenvalue weighted by Gasteiger charge is -2.31. The molecule has 0 aliphatic heterocycles. The summed E-state index contributed by atoms with van der Waals surface area (Å²) >= 11 is 5.93. The largest absolute Gasteiger partial charge is 0.369 e. The minimum absolute atomic E-state index is 0.0728. The number of amides is 1. The zero-order valence-corrected chi connectivity index (χ0v) is 12.7. The molecule has 0 spiro atoms. The molecule has 0 radical (unpaired) electrons. The van der Waals surface area contributed by atoms with Gasteiger partial charge < -0.3 is 11.1 Å². The molecule has 110 valence electrons. The number of hydrogen-bond donors (Lipinski definition) is 2. The summed E-state index contributed by atoms with van der Waals surface area (Å²) in [6.45, 7) is 2.18. The summed E-state index contributed by atoms with van der Waals surface area (Å²) in [6.07, 6.45) is 4.90. The van der Waals surface area contributed by atoms with Crippen molar-refractivity contribution in [3.8, 4) is 0 Å². The van der Waals surface area contributed by atoms with Gasteiger partial charge in [0.1, 0.15) is 0 Å². The van der Waals surface area contributed by atoms with E-state index in [1.807, 2.05) is 12.1 Å². The Morgan fingerprint density at radius 3 is 2.40 bits per heavy atom. The van der Waals surface area contributed by atoms with Gasteiger partial charge in [0.05, 0.1) is 0 Å². The van der Waals surface area contributed by atoms with Crippen molar-refractivity contribution in [2.24, 2.45) is 11.7 Å². The van der Waals surface area contributed by atoms with Crippen LogP contribution in [0.15, 0.2) is 24.3 Å². The standard InChI is InChI=1S/C16H23ClN2O/c1-2-15(11-3-7-13(17)8-4-11)19-14-9-5-12(6-10-14)16(18)20/h3-4,7-8,12,14-15,19H,2,5-6,9-10H2,1H3,(H2,18,20). The van der Waals surface area contributed by atoms with Crippen LogP contribution in [0.2, 0.25) is 5.02 Å². The predicted molar refractivity (Wildman–Crippen MR) is 82.6 cm³/mol. The highest BCUT2D eigenvalue weighted by atomic mass is 35.5. The lowest BCUT2D eigenvalue weighted by Crippen LogP contribution is -2.38. The maximum absolute atomic E-state index is 11.2. The van der Waals surface area contributed by atoms with Crippen LogP contribution in [-0.4, -0.2) is 11.9 Å². The minimum atomic E-state index is -0.145. The lowest BCUT2D eigenvalue weighted by molar-refractivity contribution is -0.122. The number of rotatable bonds is 5. The van der Waals surface area contributed by atoms with Crippen LogP contribution >= 0.6 is 11.6 Å². The molecule has 2 rings (SSSR count). The molecule has 20 heavy (non-hydrogen) atoms. The Morgan fingerprint density at radius 1 is 1.30 bits per heavy atom. The van der Waals surface area contributed by atoms with Crippen molar-refractivity contribution in [2.75, 3.05) is 0 Å². The van der Waals surface area contributed by atoms with Crippen molar-refractivity contribution in [2.45, 2.75) is 51.1 Å². The maximum Gasteiger partial charge on any atom is 0.220 e. The van der Waals surface area contributed by atoms with Crippen LogP contribution in [0.3, 0.4) is 0 Å². The van der Waals surface area contributed by atoms with Crippen LogP contribution in [0.1, 0.15) is 50.6 Å². The summed E-state index contributed by atoms with van der Waals surface area (Å²) in [5.41, 5.74) is 6.65. The van der Waals surface area contributed by atoms with Crippen LogP contribution in [0.5, 0.6) is 0 Å². The summed E-state index contributed by atoms with van der Waals surface area (Å²) < 4.78 is 0. The van der Waals surface area contributed by atoms with Crippen LogP contribution in [-0.2, 0) is 4.79 Å². The summed E-state index contributed by atoms with van der Waals surface area (Å²) in [7, 11) is 0. The summed E-state index contributed by atoms with van der Waals surface area (Å²) in [6, 6.07) is 8.86. The van der Waals surface area contributed by atoms with E-state index < -0.39 is 0 Å². The average molecular weight is 295 g/mol. The summed E-state index contributed by atoms with van der Waals surface area (Å²) in [5, 5.41) is 4.47. The van der Waals surface area contributed by atoms with Crippen molar-refractivity contribution in [3.63, 3.8) is 0 Å². The highest BCUT2D eigenvalue weighted by Crippen LogP contribution is 2.27. The average Bonchev–Trinajstić information content (AvgIpc) is 2.46. The number of carbonyl (C=O) groups is 1. The molecule has 0 aromatic heterocycles. The van der Waals surface area contributed by atoms with E-state index in [2.05, 4.69) is 24.4 Å². The van der Waals surface area contributed by atoms with Crippen molar-refractivity contribution >= 4 is 17.5 Å². The second-order valence-electron chi connectivity index (χ2n) is 5.63. The third-order valence-electron chi connectivity index (χ3n) is 4.25. The minimum Gasteiger partial charge on any atom is -0.369 e. The first kappa shape index (κ1) is 15.3. The molecule has 1 amide bonds. The van der Waals surface area contributed by atoms with E-state index in [-0.39, 0.29) is 11.8 Å². The van der Waals surface area contributed by atoms with E-state index in [0.29, 0.717) is 12.1 Å². The molecule has 1 aliphatic carbocycles. The second kappa shape index (κ2) is 7.09. The molecule has 1 fully saturated rings. The number of halogens is 1. The van der Waals surface area contributed by atoms with Crippen LogP contribution in [0, 0.1) is 5.92 Å². The molecule has 3 nitrogen and oxygen atoms in total. The van der Waals surface area contributed by atoms with Crippen molar-refractivity contribution in [1.82, 2.24) is 5.32 Å². The number of nitrogens with two attached hydrogens (primary N) is 1. The van der Waals surface area contributed by atoms with Crippen molar-refractivity contribution < 1.29 is 4.79 Å². The Hall–Kier alpha value is -1.06. The van der Waals surface area contributed by atoms with Crippen LogP contribution in [0.4, 0.5) is 0 Å². The zero-order chi connectivity index (χ0) is 14.5. The molecule has 0 saturated heterocycles. The highest BCUT2D eigenvalue weighted by molar-refractivity contribution is 6.30. The van der Waals surface area contributed by atoms with Crippen LogP contribution in [0.25, 0.3) is 0 Å². The van der Waals surface area contributed by atoms with Gasteiger partial charge in [-0.2, -0.15) is 0 Å². The molecule has 1 atom stereocenters. The maximum atomic E-state index is 11.2. The van der Waals surface area contributed by atoms with Gasteiger partial charge in [-0.25, -0.2) is 0 Å². The van der Waals surface area contributed by atoms with Crippen LogP contribution < -0.4 is 11.1 Å². The first-order valence-electron chi connectivity index (χ1n) is 7.41. The van der Waals surface area contributed by atoms with Gasteiger partial charge in [-0.15, -0.1) is 0 Å². The fourth-order valence-corrected chi connectivity index (χ4v) is 3.10. The Kier molecular flexibility index (Phi) is 5.44. The summed E-state index contributed by atoms with van der Waals surface area (Å²) in [5.74, 6) is -0.0724. The van der Waals surface area contributed by atoms with E-state index in [0.717, 1.165) is 37.1 Å². The Bertz CT molecular complexity index is 438. The Labute approximate surface area is 125 Å². The second-order valence-corrected chi connectivity index (χ2v) is 6.07. The van der Waals surface area contributed by atoms with Gasteiger partial charge in [-0.3, -0.25) is 4.79 Å². The van der Waals surface area contributed by atoms with E-state index in [1.165, 1.54) is 5.56 Å². The van der Waals surface area contributed by atoms with Gasteiger partial charge >= 0.3 is 0 Å². The number of benzene rings is 1. The number of carbonyl (C=O) groups excluding carboxylic acids is 1. The molecule has 1 unspecified atom stereocenters. The number of nitrogens with one attached hydrogen (secondary N) is 1. The van der Waals surface area contributed by atoms with Gasteiger partial charge in [0.2, 0.25) is 5.91 Å². The Balaban J connectivity index is 1.91. The van der Waals surface area contributed by atoms with Gasteiger partial charge in [0.15, 0.2) is 0 Å². The molecular weight excluding hydrogens is 272 g/mol. The smallest absolute Gasteiger partial charge is 0.220 e. The van der Waals surface area contributed by atoms with Gasteiger partial charge in [-0.05, 0) is 49.8 Å². The van der Waals surface area contributed by atoms with E-state index in [1.54, 1.807) is 0 Å². The molecule has 1 aromatic rings. The predicted octanol–water partition coefficient (Wildman–Crippen LogP) is 3.42. The third-order valence-corrected chi connectivity index (χ3v) is 4.50. The quantitative estimate of drug-likeness (QED) is 0.874. The zero-order valence-electron chi connectivity index (χ0n) is 11.9. The van der Waals surface area contributed by atoms with E-state index in [9.17, 15) is 4.79 Å². The van der Waals surface area contributed by atoms with Crippen molar-refractivity contribution in [1.29, 1.82) is 0 Å². The van der Waals surface area contributed by atoms with E-state index >= 15 is 0 Å². The van der Waals surface area contributed by atoms with Gasteiger partial charge in [-0.1, -0.05) is 30.7 Å². The molecule has 0 heterocycles. The topological polar surface area (TPSA) is 55.1 Å². The third kappa shape index (κ3) is 3.97. The van der Waals surface area contributed by atoms with Gasteiger partial charge in [0, 0.05) is 23.0 Å². The van der Waals surface area contributed by atoms with E-state index in [4.69, 9.17) is 17.3 Å². The van der Waals surface area contributed by atoms with Gasteiger partial charge in [0.25, 0.3) is 0 Å². The normalized spacial score (nSPS) is 24.3. The lowest BCUT2D eigenvalue weighted by atomic mass is 9.85. The fraction of sp³-hybridized carbons (Fsp3) is 0.562. The monoisotopic (exact) mass is 294 g/mol. The molecule has 0 bridgehead atoms. The molecule has 3 N–H and O–H groups in total. The van der Waals surface area contributed by atoms with Crippen molar-refractivity contribution in [3.05, 3.63) is 34.9 Å². The highest BCUT2D eigenvalue weighted by Gasteiger charge is 2.25. The molecule has 1 aliphatic rings. The number of primary amides is 1. The first-order chi connectivity index (χ1) is 9.60. The molecule has 4 heteroatoms. The number of hydrogen-bond acceptors (Lipinski definition) is 2. The Morgan fingerprint density at radius 2 is 1.90 bits per heavy atom. The first-order valence-corrected chi connectivity index (χ1v) is 7.78. The fourth-order valence-electron chi connectivity index (χ4n) is 2.97. The molecule has 1 aromatic carbocycles. The molecule has 1 saturated carbocycles. The summed E-state index contributed by atoms with van der Waals surface area (Å²) in [4.78, 5) is 11.2.